The summed E-state index contributed by atoms with van der Waals surface area (Å²) in [6.45, 7) is 17.2. The van der Waals surface area contributed by atoms with E-state index in [1.807, 2.05) is 18.2 Å². The normalized spacial score (nSPS) is 13.5. The molecule has 6 heteroatoms. The van der Waals surface area contributed by atoms with Crippen LogP contribution in [0.15, 0.2) is 53.5 Å². The van der Waals surface area contributed by atoms with Gasteiger partial charge < -0.3 is 0 Å². The zero-order chi connectivity index (χ0) is 27.4. The molecular formula is C32H37N3O2Ru. The summed E-state index contributed by atoms with van der Waals surface area (Å²) < 4.78 is 8.67. The Bertz CT molecular complexity index is 1350. The first-order valence-corrected chi connectivity index (χ1v) is 14.9. The van der Waals surface area contributed by atoms with E-state index < -0.39 is 5.97 Å². The van der Waals surface area contributed by atoms with Crippen LogP contribution >= 0.6 is 0 Å². The molecule has 38 heavy (non-hydrogen) atoms. The number of carbonyl (C=O) groups is 1. The van der Waals surface area contributed by atoms with Crippen LogP contribution in [0, 0.1) is 41.5 Å². The molecule has 1 saturated heterocycles. The summed E-state index contributed by atoms with van der Waals surface area (Å²) in [5, 5.41) is 0. The van der Waals surface area contributed by atoms with Crippen molar-refractivity contribution in [3.05, 3.63) is 87.5 Å². The quantitative estimate of drug-likeness (QED) is 0.195. The van der Waals surface area contributed by atoms with E-state index >= 15 is 0 Å². The van der Waals surface area contributed by atoms with Gasteiger partial charge in [-0.15, -0.1) is 0 Å². The first-order chi connectivity index (χ1) is 18.2. The Hall–Kier alpha value is -3.24. The number of carbonyl (C=O) groups excluding carboxylic acids is 1. The molecule has 0 atom stereocenters. The molecule has 0 amide bonds. The Morgan fingerprint density at radius 1 is 0.868 bits per heavy atom. The molecule has 5 nitrogen and oxygen atoms in total. The fraction of sp³-hybridized carbons (Fsp3) is 0.312. The van der Waals surface area contributed by atoms with Crippen LogP contribution in [0.4, 0.5) is 17.1 Å². The van der Waals surface area contributed by atoms with Crippen molar-refractivity contribution in [3.63, 3.8) is 0 Å². The Morgan fingerprint density at radius 3 is 1.87 bits per heavy atom. The van der Waals surface area contributed by atoms with E-state index in [0.29, 0.717) is 6.61 Å². The molecule has 0 spiro atoms. The van der Waals surface area contributed by atoms with E-state index in [1.54, 1.807) is 6.92 Å². The van der Waals surface area contributed by atoms with Gasteiger partial charge in [0.25, 0.3) is 0 Å². The van der Waals surface area contributed by atoms with Crippen LogP contribution < -0.4 is 9.80 Å². The molecule has 0 aliphatic carbocycles. The predicted octanol–water partition coefficient (Wildman–Crippen LogP) is 6.15. The van der Waals surface area contributed by atoms with Gasteiger partial charge in [0.1, 0.15) is 0 Å². The second kappa shape index (κ2) is 12.1. The molecular weight excluding hydrogens is 559 g/mol. The third kappa shape index (κ3) is 6.08. The Labute approximate surface area is 233 Å². The number of hydrogen-bond acceptors (Lipinski definition) is 5. The zero-order valence-electron chi connectivity index (χ0n) is 23.4. The molecule has 200 valence electrons. The topological polar surface area (TPSA) is 45.1 Å². The molecule has 0 unspecified atom stereocenters. The number of rotatable bonds is 6. The minimum absolute atomic E-state index is 0.321. The molecule has 0 aromatic heterocycles. The number of aryl methyl sites for hydroxylation is 6. The fourth-order valence-corrected chi connectivity index (χ4v) is 7.57. The van der Waals surface area contributed by atoms with Crippen LogP contribution in [-0.2, 0) is 25.8 Å². The number of hydrogen-bond donors (Lipinski definition) is 0. The minimum atomic E-state index is -0.423. The third-order valence-corrected chi connectivity index (χ3v) is 8.75. The maximum atomic E-state index is 11.9. The first kappa shape index (κ1) is 27.8. The average molecular weight is 597 g/mol. The summed E-state index contributed by atoms with van der Waals surface area (Å²) in [5.41, 5.74) is 12.2. The fourth-order valence-electron chi connectivity index (χ4n) is 5.33. The van der Waals surface area contributed by atoms with E-state index in [-0.39, 0.29) is 16.2 Å². The van der Waals surface area contributed by atoms with E-state index in [4.69, 9.17) is 4.74 Å². The van der Waals surface area contributed by atoms with Gasteiger partial charge in [0.15, 0.2) is 0 Å². The first-order valence-electron chi connectivity index (χ1n) is 13.0. The molecule has 1 heterocycles. The van der Waals surface area contributed by atoms with Crippen LogP contribution in [0.3, 0.4) is 0 Å². The summed E-state index contributed by atoms with van der Waals surface area (Å²) in [6.07, 6.45) is 1.27. The van der Waals surface area contributed by atoms with Gasteiger partial charge in [0.2, 0.25) is 0 Å². The van der Waals surface area contributed by atoms with E-state index in [0.717, 1.165) is 24.3 Å². The predicted molar refractivity (Wildman–Crippen MR) is 157 cm³/mol. The van der Waals surface area contributed by atoms with E-state index in [1.165, 1.54) is 55.3 Å². The molecule has 3 aromatic rings. The molecule has 0 bridgehead atoms. The number of para-hydroxylation sites is 1. The number of benzene rings is 3. The summed E-state index contributed by atoms with van der Waals surface area (Å²) in [4.78, 5) is 21.4. The molecule has 3 aromatic carbocycles. The second-order valence-corrected chi connectivity index (χ2v) is 11.6. The van der Waals surface area contributed by atoms with Crippen LogP contribution in [0.25, 0.3) is 0 Å². The van der Waals surface area contributed by atoms with Gasteiger partial charge >= 0.3 is 234 Å². The number of anilines is 2. The van der Waals surface area contributed by atoms with E-state index in [9.17, 15) is 4.79 Å². The summed E-state index contributed by atoms with van der Waals surface area (Å²) in [6, 6.07) is 17.1. The van der Waals surface area contributed by atoms with Gasteiger partial charge in [-0.25, -0.2) is 0 Å². The number of ether oxygens (including phenoxy) is 1. The van der Waals surface area contributed by atoms with Gasteiger partial charge in [-0.3, -0.25) is 0 Å². The SMILES string of the molecule is CCOC(=O)C=Nc1ccccc1[CH]=[Ru]=[C]1N(c2c(C)cc(C)cc2C)CCN1c1c(C)cc(C)cc1C. The van der Waals surface area contributed by atoms with E-state index in [2.05, 4.69) is 91.3 Å². The number of aliphatic imine (C=N–C) groups is 1. The van der Waals surface area contributed by atoms with Crippen molar-refractivity contribution in [1.29, 1.82) is 0 Å². The van der Waals surface area contributed by atoms with Gasteiger partial charge in [-0.1, -0.05) is 0 Å². The standard InChI is InChI=1S/C21H26N2.C11H11NO2.Ru/c1-14-9-16(3)20(17(4)10-14)22-7-8-23(13-22)21-18(5)11-15(2)12-19(21)6;1-3-14-11(13)8-12-10-7-5-4-6-9(10)2;/h9-12H,7-8H2,1-6H3;2,4-8H,3H2,1H3;. The number of nitrogens with zero attached hydrogens (tertiary/aromatic N) is 3. The average Bonchev–Trinajstić information content (AvgIpc) is 3.23. The molecule has 1 aliphatic heterocycles. The van der Waals surface area contributed by atoms with Crippen molar-refractivity contribution in [2.45, 2.75) is 48.5 Å². The van der Waals surface area contributed by atoms with Gasteiger partial charge in [0, 0.05) is 0 Å². The van der Waals surface area contributed by atoms with Crippen LogP contribution in [0.2, 0.25) is 0 Å². The summed E-state index contributed by atoms with van der Waals surface area (Å²) >= 11 is -0.321. The van der Waals surface area contributed by atoms with Crippen molar-refractivity contribution >= 4 is 38.2 Å². The Balaban J connectivity index is 1.87. The molecule has 0 saturated carbocycles. The molecule has 0 N–H and O–H groups in total. The zero-order valence-corrected chi connectivity index (χ0v) is 25.1. The summed E-state index contributed by atoms with van der Waals surface area (Å²) in [7, 11) is 0. The second-order valence-electron chi connectivity index (χ2n) is 9.83. The third-order valence-electron chi connectivity index (χ3n) is 6.57. The Morgan fingerprint density at radius 2 is 1.37 bits per heavy atom. The molecule has 1 fully saturated rings. The van der Waals surface area contributed by atoms with Crippen molar-refractivity contribution < 1.29 is 25.8 Å². The van der Waals surface area contributed by atoms with Gasteiger partial charge in [-0.2, -0.15) is 0 Å². The van der Waals surface area contributed by atoms with Gasteiger partial charge in [0.05, 0.1) is 0 Å². The number of esters is 1. The summed E-state index contributed by atoms with van der Waals surface area (Å²) in [5.74, 6) is -0.423. The Kier molecular flexibility index (Phi) is 8.84. The van der Waals surface area contributed by atoms with Crippen molar-refractivity contribution in [2.24, 2.45) is 4.99 Å². The van der Waals surface area contributed by atoms with Crippen molar-refractivity contribution in [3.8, 4) is 0 Å². The van der Waals surface area contributed by atoms with Crippen molar-refractivity contribution in [1.82, 2.24) is 0 Å². The van der Waals surface area contributed by atoms with Crippen LogP contribution in [0.1, 0.15) is 45.9 Å². The molecule has 0 radical (unpaired) electrons. The molecule has 1 aliphatic rings. The monoisotopic (exact) mass is 597 g/mol. The van der Waals surface area contributed by atoms with Crippen LogP contribution in [-0.4, -0.2) is 40.8 Å². The maximum absolute atomic E-state index is 11.9. The van der Waals surface area contributed by atoms with Gasteiger partial charge in [-0.05, 0) is 0 Å². The van der Waals surface area contributed by atoms with Crippen LogP contribution in [0.5, 0.6) is 0 Å². The molecule has 4 rings (SSSR count). The van der Waals surface area contributed by atoms with Crippen molar-refractivity contribution in [2.75, 3.05) is 29.5 Å².